The number of nitrogens with zero attached hydrogens (tertiary/aromatic N) is 1. The van der Waals surface area contributed by atoms with Gasteiger partial charge in [0.25, 0.3) is 5.91 Å². The molecular formula is C15H21BrCl2N2O2. The summed E-state index contributed by atoms with van der Waals surface area (Å²) in [6.45, 7) is 2.77. The maximum absolute atomic E-state index is 12.5. The van der Waals surface area contributed by atoms with Crippen molar-refractivity contribution in [3.8, 4) is 0 Å². The molecule has 2 rings (SSSR count). The average molecular weight is 412 g/mol. The smallest absolute Gasteiger partial charge is 0.255 e. The van der Waals surface area contributed by atoms with Gasteiger partial charge in [-0.3, -0.25) is 4.79 Å². The zero-order valence-electron chi connectivity index (χ0n) is 12.3. The molecular weight excluding hydrogens is 391 g/mol. The summed E-state index contributed by atoms with van der Waals surface area (Å²) in [5.74, 6) is -0.00657. The predicted octanol–water partition coefficient (Wildman–Crippen LogP) is 3.49. The molecule has 0 aliphatic carbocycles. The lowest BCUT2D eigenvalue weighted by atomic mass is 10.1. The van der Waals surface area contributed by atoms with Crippen LogP contribution in [0.3, 0.4) is 0 Å². The second kappa shape index (κ2) is 9.73. The van der Waals surface area contributed by atoms with E-state index >= 15 is 0 Å². The molecule has 2 N–H and O–H groups in total. The first kappa shape index (κ1) is 19.7. The Balaban J connectivity index is 0.00000242. The third-order valence-electron chi connectivity index (χ3n) is 3.59. The zero-order chi connectivity index (χ0) is 15.2. The van der Waals surface area contributed by atoms with Crippen LogP contribution in [-0.4, -0.2) is 43.2 Å². The fraction of sp³-hybridized carbons (Fsp3) is 0.533. The summed E-state index contributed by atoms with van der Waals surface area (Å²) in [5.41, 5.74) is 6.00. The highest BCUT2D eigenvalue weighted by Crippen LogP contribution is 2.24. The van der Waals surface area contributed by atoms with E-state index in [-0.39, 0.29) is 24.4 Å². The van der Waals surface area contributed by atoms with Crippen molar-refractivity contribution in [1.29, 1.82) is 0 Å². The van der Waals surface area contributed by atoms with E-state index in [2.05, 4.69) is 15.9 Å². The highest BCUT2D eigenvalue weighted by Gasteiger charge is 2.25. The summed E-state index contributed by atoms with van der Waals surface area (Å²) in [7, 11) is 0. The van der Waals surface area contributed by atoms with Gasteiger partial charge in [0.15, 0.2) is 0 Å². The number of ether oxygens (including phenoxy) is 1. The SMILES string of the molecule is Cl.NCCCOC1CCN(C(=O)c2ccc(Br)cc2Cl)CC1. The van der Waals surface area contributed by atoms with E-state index in [1.165, 1.54) is 0 Å². The molecule has 0 spiro atoms. The largest absolute Gasteiger partial charge is 0.378 e. The Hall–Kier alpha value is -0.330. The normalized spacial score (nSPS) is 15.5. The highest BCUT2D eigenvalue weighted by molar-refractivity contribution is 9.10. The minimum Gasteiger partial charge on any atom is -0.378 e. The number of carbonyl (C=O) groups excluding carboxylic acids is 1. The first-order chi connectivity index (χ1) is 10.1. The second-order valence-corrected chi connectivity index (χ2v) is 6.45. The van der Waals surface area contributed by atoms with Crippen LogP contribution < -0.4 is 5.73 Å². The summed E-state index contributed by atoms with van der Waals surface area (Å²) in [5, 5.41) is 0.482. The minimum absolute atomic E-state index is 0. The fourth-order valence-electron chi connectivity index (χ4n) is 2.39. The average Bonchev–Trinajstić information content (AvgIpc) is 2.48. The maximum Gasteiger partial charge on any atom is 0.255 e. The zero-order valence-corrected chi connectivity index (χ0v) is 15.4. The van der Waals surface area contributed by atoms with E-state index in [0.717, 1.165) is 23.7 Å². The van der Waals surface area contributed by atoms with Gasteiger partial charge in [0, 0.05) is 24.2 Å². The quantitative estimate of drug-likeness (QED) is 0.754. The maximum atomic E-state index is 12.5. The van der Waals surface area contributed by atoms with Crippen LogP contribution in [0, 0.1) is 0 Å². The fourth-order valence-corrected chi connectivity index (χ4v) is 3.15. The van der Waals surface area contributed by atoms with E-state index in [1.807, 2.05) is 11.0 Å². The lowest BCUT2D eigenvalue weighted by molar-refractivity contribution is 0.00845. The number of likely N-dealkylation sites (tertiary alicyclic amines) is 1. The van der Waals surface area contributed by atoms with Gasteiger partial charge in [-0.1, -0.05) is 27.5 Å². The van der Waals surface area contributed by atoms with Crippen LogP contribution in [0.2, 0.25) is 5.02 Å². The first-order valence-electron chi connectivity index (χ1n) is 7.18. The topological polar surface area (TPSA) is 55.6 Å². The van der Waals surface area contributed by atoms with E-state index in [0.29, 0.717) is 36.8 Å². The van der Waals surface area contributed by atoms with Crippen molar-refractivity contribution in [1.82, 2.24) is 4.90 Å². The van der Waals surface area contributed by atoms with Gasteiger partial charge in [0.1, 0.15) is 0 Å². The number of amides is 1. The van der Waals surface area contributed by atoms with Crippen molar-refractivity contribution in [2.75, 3.05) is 26.2 Å². The Morgan fingerprint density at radius 1 is 1.41 bits per heavy atom. The van der Waals surface area contributed by atoms with Gasteiger partial charge in [0.2, 0.25) is 0 Å². The van der Waals surface area contributed by atoms with Gasteiger partial charge in [0.05, 0.1) is 16.7 Å². The van der Waals surface area contributed by atoms with Crippen molar-refractivity contribution in [3.05, 3.63) is 33.3 Å². The van der Waals surface area contributed by atoms with Gasteiger partial charge in [-0.15, -0.1) is 12.4 Å². The van der Waals surface area contributed by atoms with Gasteiger partial charge >= 0.3 is 0 Å². The van der Waals surface area contributed by atoms with Crippen LogP contribution in [-0.2, 0) is 4.74 Å². The third-order valence-corrected chi connectivity index (χ3v) is 4.40. The molecule has 0 atom stereocenters. The van der Waals surface area contributed by atoms with Crippen LogP contribution in [0.25, 0.3) is 0 Å². The van der Waals surface area contributed by atoms with Crippen LogP contribution in [0.4, 0.5) is 0 Å². The van der Waals surface area contributed by atoms with E-state index in [9.17, 15) is 4.79 Å². The molecule has 1 fully saturated rings. The summed E-state index contributed by atoms with van der Waals surface area (Å²) in [4.78, 5) is 14.3. The van der Waals surface area contributed by atoms with E-state index in [1.54, 1.807) is 12.1 Å². The Bertz CT molecular complexity index is 494. The van der Waals surface area contributed by atoms with Crippen LogP contribution in [0.5, 0.6) is 0 Å². The van der Waals surface area contributed by atoms with Crippen molar-refractivity contribution in [2.24, 2.45) is 5.73 Å². The van der Waals surface area contributed by atoms with E-state index < -0.39 is 0 Å². The van der Waals surface area contributed by atoms with Crippen LogP contribution in [0.15, 0.2) is 22.7 Å². The molecule has 4 nitrogen and oxygen atoms in total. The molecule has 1 aromatic carbocycles. The summed E-state index contributed by atoms with van der Waals surface area (Å²) >= 11 is 9.49. The highest BCUT2D eigenvalue weighted by atomic mass is 79.9. The number of piperidine rings is 1. The number of hydrogen-bond donors (Lipinski definition) is 1. The monoisotopic (exact) mass is 410 g/mol. The molecule has 7 heteroatoms. The number of carbonyl (C=O) groups is 1. The molecule has 0 radical (unpaired) electrons. The minimum atomic E-state index is -0.00657. The van der Waals surface area contributed by atoms with Crippen LogP contribution in [0.1, 0.15) is 29.6 Å². The van der Waals surface area contributed by atoms with Gasteiger partial charge in [-0.2, -0.15) is 0 Å². The molecule has 1 aromatic rings. The molecule has 0 bridgehead atoms. The number of nitrogens with two attached hydrogens (primary N) is 1. The standard InChI is InChI=1S/C15H20BrClN2O2.ClH/c16-11-2-3-13(14(17)10-11)15(20)19-7-4-12(5-8-19)21-9-1-6-18;/h2-3,10,12H,1,4-9,18H2;1H. The van der Waals surface area contributed by atoms with Crippen molar-refractivity contribution >= 4 is 45.8 Å². The molecule has 0 saturated carbocycles. The Labute approximate surface area is 150 Å². The summed E-state index contributed by atoms with van der Waals surface area (Å²) in [6, 6.07) is 5.35. The summed E-state index contributed by atoms with van der Waals surface area (Å²) < 4.78 is 6.62. The molecule has 0 unspecified atom stereocenters. The molecule has 1 aliphatic heterocycles. The lowest BCUT2D eigenvalue weighted by Gasteiger charge is -2.32. The van der Waals surface area contributed by atoms with Gasteiger partial charge in [-0.05, 0) is 44.0 Å². The van der Waals surface area contributed by atoms with Crippen molar-refractivity contribution in [3.63, 3.8) is 0 Å². The number of halogens is 3. The molecule has 22 heavy (non-hydrogen) atoms. The van der Waals surface area contributed by atoms with E-state index in [4.69, 9.17) is 22.1 Å². The van der Waals surface area contributed by atoms with Gasteiger partial charge in [-0.25, -0.2) is 0 Å². The second-order valence-electron chi connectivity index (χ2n) is 5.13. The van der Waals surface area contributed by atoms with Crippen molar-refractivity contribution < 1.29 is 9.53 Å². The third kappa shape index (κ3) is 5.39. The Morgan fingerprint density at radius 2 is 2.09 bits per heavy atom. The first-order valence-corrected chi connectivity index (χ1v) is 8.35. The predicted molar refractivity (Wildman–Crippen MR) is 94.9 cm³/mol. The van der Waals surface area contributed by atoms with Crippen LogP contribution >= 0.6 is 39.9 Å². The number of hydrogen-bond acceptors (Lipinski definition) is 3. The van der Waals surface area contributed by atoms with Gasteiger partial charge < -0.3 is 15.4 Å². The molecule has 1 heterocycles. The van der Waals surface area contributed by atoms with Crippen molar-refractivity contribution in [2.45, 2.75) is 25.4 Å². The molecule has 1 saturated heterocycles. The lowest BCUT2D eigenvalue weighted by Crippen LogP contribution is -2.41. The molecule has 1 aliphatic rings. The summed E-state index contributed by atoms with van der Waals surface area (Å²) in [6.07, 6.45) is 2.85. The number of benzene rings is 1. The Morgan fingerprint density at radius 3 is 2.68 bits per heavy atom. The number of rotatable bonds is 5. The Kier molecular flexibility index (Phi) is 8.72. The molecule has 124 valence electrons. The molecule has 1 amide bonds. The molecule has 0 aromatic heterocycles.